The smallest absolute Gasteiger partial charge is 0.245 e. The Morgan fingerprint density at radius 2 is 2.00 bits per heavy atom. The number of halogens is 2. The van der Waals surface area contributed by atoms with Crippen molar-refractivity contribution < 1.29 is 14.0 Å². The van der Waals surface area contributed by atoms with E-state index >= 15 is 0 Å². The predicted molar refractivity (Wildman–Crippen MR) is 79.9 cm³/mol. The molecule has 1 amide bonds. The molecule has 6 heteroatoms. The first-order chi connectivity index (χ1) is 10.5. The summed E-state index contributed by atoms with van der Waals surface area (Å²) in [4.78, 5) is 24.5. The summed E-state index contributed by atoms with van der Waals surface area (Å²) in [7, 11) is 0. The van der Waals surface area contributed by atoms with Gasteiger partial charge in [-0.1, -0.05) is 30.9 Å². The molecular weight excluding hydrogens is 307 g/mol. The van der Waals surface area contributed by atoms with Crippen LogP contribution in [0.15, 0.2) is 18.2 Å². The summed E-state index contributed by atoms with van der Waals surface area (Å²) in [5.41, 5.74) is -0.0200. The molecular formula is C16H16ClFN2O2. The lowest BCUT2D eigenvalue weighted by Gasteiger charge is -2.23. The van der Waals surface area contributed by atoms with Crippen molar-refractivity contribution in [2.75, 3.05) is 0 Å². The molecule has 1 aromatic carbocycles. The standard InChI is InChI=1S/C16H16ClFN2O2/c17-14-8-10(18)6-7-12(14)15(21)13(9-19)16(22)20-11-4-2-1-3-5-11/h6-8,11,13H,1-5H2,(H,20,22). The molecule has 2 rings (SSSR count). The van der Waals surface area contributed by atoms with Gasteiger partial charge in [-0.3, -0.25) is 9.59 Å². The molecule has 1 aliphatic rings. The monoisotopic (exact) mass is 322 g/mol. The zero-order valence-corrected chi connectivity index (χ0v) is 12.7. The maximum absolute atomic E-state index is 13.0. The number of rotatable bonds is 4. The van der Waals surface area contributed by atoms with Gasteiger partial charge < -0.3 is 5.32 Å². The maximum Gasteiger partial charge on any atom is 0.245 e. The van der Waals surface area contributed by atoms with Crippen molar-refractivity contribution in [2.24, 2.45) is 5.92 Å². The molecule has 22 heavy (non-hydrogen) atoms. The molecule has 1 fully saturated rings. The molecule has 1 saturated carbocycles. The minimum atomic E-state index is -1.47. The van der Waals surface area contributed by atoms with Crippen LogP contribution in [-0.4, -0.2) is 17.7 Å². The molecule has 0 radical (unpaired) electrons. The summed E-state index contributed by atoms with van der Waals surface area (Å²) in [6, 6.07) is 4.98. The van der Waals surface area contributed by atoms with Gasteiger partial charge in [-0.05, 0) is 31.0 Å². The van der Waals surface area contributed by atoms with Gasteiger partial charge in [0.1, 0.15) is 5.82 Å². The van der Waals surface area contributed by atoms with Crippen molar-refractivity contribution in [3.05, 3.63) is 34.6 Å². The van der Waals surface area contributed by atoms with Gasteiger partial charge in [0.2, 0.25) is 5.91 Å². The Labute approximate surface area is 133 Å². The first-order valence-corrected chi connectivity index (χ1v) is 7.60. The van der Waals surface area contributed by atoms with Gasteiger partial charge in [-0.15, -0.1) is 0 Å². The van der Waals surface area contributed by atoms with Crippen LogP contribution < -0.4 is 5.32 Å². The molecule has 1 aliphatic carbocycles. The van der Waals surface area contributed by atoms with E-state index in [0.717, 1.165) is 44.2 Å². The lowest BCUT2D eigenvalue weighted by atomic mass is 9.93. The summed E-state index contributed by atoms with van der Waals surface area (Å²) >= 11 is 5.82. The third kappa shape index (κ3) is 3.83. The maximum atomic E-state index is 13.0. The summed E-state index contributed by atoms with van der Waals surface area (Å²) < 4.78 is 13.0. The number of carbonyl (C=O) groups is 2. The number of benzene rings is 1. The number of carbonyl (C=O) groups excluding carboxylic acids is 2. The molecule has 0 aliphatic heterocycles. The topological polar surface area (TPSA) is 70.0 Å². The van der Waals surface area contributed by atoms with Crippen LogP contribution in [0.4, 0.5) is 4.39 Å². The highest BCUT2D eigenvalue weighted by molar-refractivity contribution is 6.34. The lowest BCUT2D eigenvalue weighted by Crippen LogP contribution is -2.42. The molecule has 0 bridgehead atoms. The second kappa shape index (κ2) is 7.37. The van der Waals surface area contributed by atoms with E-state index < -0.39 is 23.4 Å². The highest BCUT2D eigenvalue weighted by Gasteiger charge is 2.30. The molecule has 4 nitrogen and oxygen atoms in total. The van der Waals surface area contributed by atoms with Gasteiger partial charge in [0.15, 0.2) is 11.7 Å². The van der Waals surface area contributed by atoms with Gasteiger partial charge in [0.05, 0.1) is 11.1 Å². The number of nitriles is 1. The fourth-order valence-electron chi connectivity index (χ4n) is 2.61. The molecule has 1 N–H and O–H groups in total. The second-order valence-electron chi connectivity index (χ2n) is 5.39. The van der Waals surface area contributed by atoms with E-state index in [1.165, 1.54) is 6.07 Å². The summed E-state index contributed by atoms with van der Waals surface area (Å²) in [5, 5.41) is 11.8. The fraction of sp³-hybridized carbons (Fsp3) is 0.438. The molecule has 0 saturated heterocycles. The first-order valence-electron chi connectivity index (χ1n) is 7.22. The lowest BCUT2D eigenvalue weighted by molar-refractivity contribution is -0.123. The Hall–Kier alpha value is -1.93. The Bertz CT molecular complexity index is 621. The van der Waals surface area contributed by atoms with Gasteiger partial charge in [-0.25, -0.2) is 4.39 Å². The van der Waals surface area contributed by atoms with Crippen LogP contribution >= 0.6 is 11.6 Å². The Balaban J connectivity index is 2.11. The predicted octanol–water partition coefficient (Wildman–Crippen LogP) is 3.25. The molecule has 1 atom stereocenters. The normalized spacial score (nSPS) is 16.6. The number of Topliss-reactive ketones (excluding diaryl/α,β-unsaturated/α-hetero) is 1. The van der Waals surface area contributed by atoms with Gasteiger partial charge in [0, 0.05) is 11.6 Å². The van der Waals surface area contributed by atoms with Gasteiger partial charge in [0.25, 0.3) is 0 Å². The molecule has 0 heterocycles. The number of nitrogens with one attached hydrogen (secondary N) is 1. The number of hydrogen-bond acceptors (Lipinski definition) is 3. The van der Waals surface area contributed by atoms with E-state index in [2.05, 4.69) is 5.32 Å². The van der Waals surface area contributed by atoms with Crippen molar-refractivity contribution >= 4 is 23.3 Å². The van der Waals surface area contributed by atoms with Gasteiger partial charge in [-0.2, -0.15) is 5.26 Å². The number of ketones is 1. The summed E-state index contributed by atoms with van der Waals surface area (Å²) in [6.07, 6.45) is 4.91. The highest BCUT2D eigenvalue weighted by Crippen LogP contribution is 2.22. The Kier molecular flexibility index (Phi) is 5.51. The van der Waals surface area contributed by atoms with Crippen LogP contribution in [0.5, 0.6) is 0 Å². The van der Waals surface area contributed by atoms with Crippen LogP contribution in [-0.2, 0) is 4.79 Å². The third-order valence-corrected chi connectivity index (χ3v) is 4.11. The van der Waals surface area contributed by atoms with E-state index in [9.17, 15) is 14.0 Å². The minimum Gasteiger partial charge on any atom is -0.352 e. The fourth-order valence-corrected chi connectivity index (χ4v) is 2.87. The van der Waals surface area contributed by atoms with E-state index in [-0.39, 0.29) is 16.6 Å². The first kappa shape index (κ1) is 16.4. The van der Waals surface area contributed by atoms with E-state index in [1.807, 2.05) is 0 Å². The third-order valence-electron chi connectivity index (χ3n) is 3.80. The van der Waals surface area contributed by atoms with Crippen LogP contribution in [0, 0.1) is 23.1 Å². The second-order valence-corrected chi connectivity index (χ2v) is 5.80. The van der Waals surface area contributed by atoms with Crippen LogP contribution in [0.25, 0.3) is 0 Å². The quantitative estimate of drug-likeness (QED) is 0.683. The molecule has 116 valence electrons. The molecule has 0 aromatic heterocycles. The van der Waals surface area contributed by atoms with E-state index in [4.69, 9.17) is 16.9 Å². The zero-order chi connectivity index (χ0) is 16.1. The molecule has 1 unspecified atom stereocenters. The van der Waals surface area contributed by atoms with Crippen LogP contribution in [0.1, 0.15) is 42.5 Å². The van der Waals surface area contributed by atoms with Crippen LogP contribution in [0.3, 0.4) is 0 Å². The zero-order valence-electron chi connectivity index (χ0n) is 11.9. The Morgan fingerprint density at radius 3 is 2.59 bits per heavy atom. The van der Waals surface area contributed by atoms with E-state index in [1.54, 1.807) is 6.07 Å². The Morgan fingerprint density at radius 1 is 1.32 bits per heavy atom. The molecule has 1 aromatic rings. The van der Waals surface area contributed by atoms with Gasteiger partial charge >= 0.3 is 0 Å². The highest BCUT2D eigenvalue weighted by atomic mass is 35.5. The average molecular weight is 323 g/mol. The minimum absolute atomic E-state index is 0.00795. The van der Waals surface area contributed by atoms with E-state index in [0.29, 0.717) is 0 Å². The summed E-state index contributed by atoms with van der Waals surface area (Å²) in [5.74, 6) is -3.37. The van der Waals surface area contributed by atoms with Crippen molar-refractivity contribution in [1.29, 1.82) is 5.26 Å². The average Bonchev–Trinajstić information content (AvgIpc) is 2.48. The van der Waals surface area contributed by atoms with Crippen molar-refractivity contribution in [2.45, 2.75) is 38.1 Å². The number of amides is 1. The SMILES string of the molecule is N#CC(C(=O)NC1CCCCC1)C(=O)c1ccc(F)cc1Cl. The van der Waals surface area contributed by atoms with Crippen molar-refractivity contribution in [1.82, 2.24) is 5.32 Å². The largest absolute Gasteiger partial charge is 0.352 e. The molecule has 0 spiro atoms. The van der Waals surface area contributed by atoms with Crippen molar-refractivity contribution in [3.8, 4) is 6.07 Å². The number of nitrogens with zero attached hydrogens (tertiary/aromatic N) is 1. The van der Waals surface area contributed by atoms with Crippen LogP contribution in [0.2, 0.25) is 5.02 Å². The number of hydrogen-bond donors (Lipinski definition) is 1. The summed E-state index contributed by atoms with van der Waals surface area (Å²) in [6.45, 7) is 0. The van der Waals surface area contributed by atoms with Crippen molar-refractivity contribution in [3.63, 3.8) is 0 Å².